The number of benzene rings is 2. The molecule has 2 N–H and O–H groups in total. The van der Waals surface area contributed by atoms with Crippen molar-refractivity contribution in [3.8, 4) is 5.75 Å². The Morgan fingerprint density at radius 1 is 0.960 bits per heavy atom. The fourth-order valence-electron chi connectivity index (χ4n) is 2.19. The first-order chi connectivity index (χ1) is 11.9. The van der Waals surface area contributed by atoms with E-state index in [4.69, 9.17) is 4.74 Å². The highest BCUT2D eigenvalue weighted by Gasteiger charge is 2.35. The van der Waals surface area contributed by atoms with Gasteiger partial charge in [-0.2, -0.15) is 0 Å². The van der Waals surface area contributed by atoms with Gasteiger partial charge < -0.3 is 15.4 Å². The number of anilines is 1. The summed E-state index contributed by atoms with van der Waals surface area (Å²) in [6, 6.07) is 16.6. The van der Waals surface area contributed by atoms with Crippen LogP contribution >= 0.6 is 0 Å². The molecule has 5 heteroatoms. The summed E-state index contributed by atoms with van der Waals surface area (Å²) >= 11 is 0. The maximum atomic E-state index is 12.5. The van der Waals surface area contributed by atoms with Crippen molar-refractivity contribution < 1.29 is 14.3 Å². The van der Waals surface area contributed by atoms with E-state index in [-0.39, 0.29) is 11.8 Å². The molecule has 5 nitrogen and oxygen atoms in total. The number of carbonyl (C=O) groups excluding carboxylic acids is 2. The zero-order valence-corrected chi connectivity index (χ0v) is 14.8. The van der Waals surface area contributed by atoms with Crippen molar-refractivity contribution in [2.24, 2.45) is 5.41 Å². The van der Waals surface area contributed by atoms with Crippen LogP contribution in [0.25, 0.3) is 0 Å². The van der Waals surface area contributed by atoms with Crippen molar-refractivity contribution in [1.29, 1.82) is 0 Å². The Balaban J connectivity index is 1.94. The maximum absolute atomic E-state index is 12.5. The number of nitrogens with one attached hydrogen (secondary N) is 2. The van der Waals surface area contributed by atoms with Gasteiger partial charge in [0.15, 0.2) is 0 Å². The number of rotatable bonds is 7. The van der Waals surface area contributed by atoms with E-state index in [9.17, 15) is 9.59 Å². The summed E-state index contributed by atoms with van der Waals surface area (Å²) in [6.07, 6.45) is 0. The van der Waals surface area contributed by atoms with Gasteiger partial charge in [0.05, 0.1) is 6.61 Å². The van der Waals surface area contributed by atoms with Crippen molar-refractivity contribution >= 4 is 17.5 Å². The first-order valence-electron chi connectivity index (χ1n) is 8.30. The summed E-state index contributed by atoms with van der Waals surface area (Å²) in [5, 5.41) is 5.59. The Kier molecular flexibility index (Phi) is 6.17. The van der Waals surface area contributed by atoms with Crippen LogP contribution in [-0.4, -0.2) is 18.4 Å². The lowest BCUT2D eigenvalue weighted by Gasteiger charge is -2.23. The van der Waals surface area contributed by atoms with Crippen molar-refractivity contribution in [3.05, 3.63) is 60.2 Å². The summed E-state index contributed by atoms with van der Waals surface area (Å²) in [5.74, 6) is 0.0578. The van der Waals surface area contributed by atoms with E-state index in [0.29, 0.717) is 18.8 Å². The topological polar surface area (TPSA) is 67.4 Å². The van der Waals surface area contributed by atoms with Crippen molar-refractivity contribution in [2.75, 3.05) is 11.9 Å². The molecular formula is C20H24N2O3. The van der Waals surface area contributed by atoms with Crippen LogP contribution in [0.4, 0.5) is 5.69 Å². The molecule has 0 radical (unpaired) electrons. The molecule has 0 atom stereocenters. The molecule has 2 aromatic rings. The highest BCUT2D eigenvalue weighted by Crippen LogP contribution is 2.21. The number of ether oxygens (including phenoxy) is 1. The van der Waals surface area contributed by atoms with Crippen molar-refractivity contribution in [1.82, 2.24) is 5.32 Å². The standard InChI is InChI=1S/C20H24N2O3/c1-4-25-17-12-10-16(11-13-17)22-19(24)20(2,3)18(23)21-14-15-8-6-5-7-9-15/h5-13H,4,14H2,1-3H3,(H,21,23)(H,22,24). The summed E-state index contributed by atoms with van der Waals surface area (Å²) in [6.45, 7) is 6.10. The summed E-state index contributed by atoms with van der Waals surface area (Å²) in [4.78, 5) is 24.9. The Morgan fingerprint density at radius 2 is 1.60 bits per heavy atom. The van der Waals surface area contributed by atoms with Gasteiger partial charge in [0.2, 0.25) is 11.8 Å². The third-order valence-corrected chi connectivity index (χ3v) is 3.85. The van der Waals surface area contributed by atoms with Gasteiger partial charge >= 0.3 is 0 Å². The molecular weight excluding hydrogens is 316 g/mol. The van der Waals surface area contributed by atoms with E-state index < -0.39 is 5.41 Å². The van der Waals surface area contributed by atoms with Gasteiger partial charge in [-0.3, -0.25) is 9.59 Å². The second kappa shape index (κ2) is 8.33. The van der Waals surface area contributed by atoms with Crippen LogP contribution in [-0.2, 0) is 16.1 Å². The Bertz CT molecular complexity index is 709. The lowest BCUT2D eigenvalue weighted by atomic mass is 9.90. The number of hydrogen-bond donors (Lipinski definition) is 2. The molecule has 0 heterocycles. The van der Waals surface area contributed by atoms with Crippen LogP contribution in [0.5, 0.6) is 5.75 Å². The average molecular weight is 340 g/mol. The van der Waals surface area contributed by atoms with E-state index in [1.165, 1.54) is 0 Å². The molecule has 132 valence electrons. The van der Waals surface area contributed by atoms with Crippen molar-refractivity contribution in [3.63, 3.8) is 0 Å². The molecule has 0 fully saturated rings. The zero-order chi connectivity index (χ0) is 18.3. The maximum Gasteiger partial charge on any atom is 0.239 e. The molecule has 0 unspecified atom stereocenters. The Morgan fingerprint density at radius 3 is 2.20 bits per heavy atom. The summed E-state index contributed by atoms with van der Waals surface area (Å²) in [7, 11) is 0. The minimum atomic E-state index is -1.19. The monoisotopic (exact) mass is 340 g/mol. The second-order valence-corrected chi connectivity index (χ2v) is 6.20. The lowest BCUT2D eigenvalue weighted by molar-refractivity contribution is -0.138. The van der Waals surface area contributed by atoms with Gasteiger partial charge in [-0.1, -0.05) is 30.3 Å². The van der Waals surface area contributed by atoms with Gasteiger partial charge in [0.1, 0.15) is 11.2 Å². The molecule has 0 aromatic heterocycles. The van der Waals surface area contributed by atoms with Gasteiger partial charge in [0.25, 0.3) is 0 Å². The zero-order valence-electron chi connectivity index (χ0n) is 14.8. The van der Waals surface area contributed by atoms with Crippen LogP contribution in [0.15, 0.2) is 54.6 Å². The summed E-state index contributed by atoms with van der Waals surface area (Å²) < 4.78 is 5.37. The minimum absolute atomic E-state index is 0.320. The normalized spacial score (nSPS) is 10.8. The molecule has 2 aromatic carbocycles. The molecule has 25 heavy (non-hydrogen) atoms. The minimum Gasteiger partial charge on any atom is -0.494 e. The summed E-state index contributed by atoms with van der Waals surface area (Å²) in [5.41, 5.74) is 0.420. The quantitative estimate of drug-likeness (QED) is 0.760. The molecule has 0 saturated carbocycles. The van der Waals surface area contributed by atoms with E-state index in [2.05, 4.69) is 10.6 Å². The van der Waals surface area contributed by atoms with Crippen LogP contribution in [0.1, 0.15) is 26.3 Å². The fourth-order valence-corrected chi connectivity index (χ4v) is 2.19. The third kappa shape index (κ3) is 5.08. The van der Waals surface area contributed by atoms with E-state index in [1.807, 2.05) is 37.3 Å². The van der Waals surface area contributed by atoms with E-state index in [0.717, 1.165) is 11.3 Å². The number of hydrogen-bond acceptors (Lipinski definition) is 3. The van der Waals surface area contributed by atoms with Crippen molar-refractivity contribution in [2.45, 2.75) is 27.3 Å². The average Bonchev–Trinajstić information content (AvgIpc) is 2.62. The first-order valence-corrected chi connectivity index (χ1v) is 8.30. The molecule has 0 spiro atoms. The molecule has 0 aliphatic heterocycles. The second-order valence-electron chi connectivity index (χ2n) is 6.20. The highest BCUT2D eigenvalue weighted by molar-refractivity contribution is 6.09. The largest absolute Gasteiger partial charge is 0.494 e. The van der Waals surface area contributed by atoms with Crippen LogP contribution in [0.3, 0.4) is 0 Å². The van der Waals surface area contributed by atoms with Crippen LogP contribution in [0.2, 0.25) is 0 Å². The predicted octanol–water partition coefficient (Wildman–Crippen LogP) is 3.37. The fraction of sp³-hybridized carbons (Fsp3) is 0.300. The number of carbonyl (C=O) groups is 2. The van der Waals surface area contributed by atoms with Crippen LogP contribution in [0, 0.1) is 5.41 Å². The predicted molar refractivity (Wildman–Crippen MR) is 98.3 cm³/mol. The Labute approximate surface area is 148 Å². The van der Waals surface area contributed by atoms with Gasteiger partial charge in [-0.05, 0) is 50.6 Å². The molecule has 0 aliphatic carbocycles. The lowest BCUT2D eigenvalue weighted by Crippen LogP contribution is -2.44. The number of amides is 2. The SMILES string of the molecule is CCOc1ccc(NC(=O)C(C)(C)C(=O)NCc2ccccc2)cc1. The smallest absolute Gasteiger partial charge is 0.239 e. The molecule has 0 saturated heterocycles. The van der Waals surface area contributed by atoms with Gasteiger partial charge in [-0.25, -0.2) is 0 Å². The van der Waals surface area contributed by atoms with Crippen LogP contribution < -0.4 is 15.4 Å². The first kappa shape index (κ1) is 18.5. The van der Waals surface area contributed by atoms with Gasteiger partial charge in [-0.15, -0.1) is 0 Å². The van der Waals surface area contributed by atoms with E-state index >= 15 is 0 Å². The molecule has 0 aliphatic rings. The Hall–Kier alpha value is -2.82. The van der Waals surface area contributed by atoms with E-state index in [1.54, 1.807) is 38.1 Å². The molecule has 2 rings (SSSR count). The third-order valence-electron chi connectivity index (χ3n) is 3.85. The van der Waals surface area contributed by atoms with Gasteiger partial charge in [0, 0.05) is 12.2 Å². The molecule has 0 bridgehead atoms. The highest BCUT2D eigenvalue weighted by atomic mass is 16.5. The molecule has 2 amide bonds.